The molecule has 1 N–H and O–H groups in total. The lowest BCUT2D eigenvalue weighted by molar-refractivity contribution is 0.282. The Morgan fingerprint density at radius 3 is 1.44 bits per heavy atom. The highest BCUT2D eigenvalue weighted by molar-refractivity contribution is 5.77. The van der Waals surface area contributed by atoms with E-state index >= 15 is 0 Å². The van der Waals surface area contributed by atoms with Gasteiger partial charge in [-0.2, -0.15) is 0 Å². The fraction of sp³-hybridized carbons (Fsp3) is 0.217. The highest BCUT2D eigenvalue weighted by Gasteiger charge is 2.13. The predicted octanol–water partition coefficient (Wildman–Crippen LogP) is 5.88. The van der Waals surface area contributed by atoms with Crippen molar-refractivity contribution in [2.45, 2.75) is 34.3 Å². The van der Waals surface area contributed by atoms with Crippen LogP contribution in [0.4, 0.5) is 17.1 Å². The van der Waals surface area contributed by atoms with Crippen LogP contribution in [-0.4, -0.2) is 5.11 Å². The maximum absolute atomic E-state index is 9.32. The molecule has 0 aromatic heterocycles. The van der Waals surface area contributed by atoms with Gasteiger partial charge in [0.25, 0.3) is 0 Å². The zero-order chi connectivity index (χ0) is 18.0. The van der Waals surface area contributed by atoms with Crippen LogP contribution >= 0.6 is 0 Å². The third kappa shape index (κ3) is 3.59. The van der Waals surface area contributed by atoms with Crippen molar-refractivity contribution in [3.05, 3.63) is 88.5 Å². The highest BCUT2D eigenvalue weighted by Crippen LogP contribution is 2.36. The van der Waals surface area contributed by atoms with Crippen molar-refractivity contribution in [1.29, 1.82) is 0 Å². The molecule has 2 nitrogen and oxygen atoms in total. The summed E-state index contributed by atoms with van der Waals surface area (Å²) >= 11 is 0. The minimum atomic E-state index is 0.0631. The first-order chi connectivity index (χ1) is 12.0. The Labute approximate surface area is 150 Å². The molecular formula is C23H25NO. The van der Waals surface area contributed by atoms with Crippen molar-refractivity contribution in [2.24, 2.45) is 0 Å². The second-order valence-corrected chi connectivity index (χ2v) is 6.70. The van der Waals surface area contributed by atoms with Crippen molar-refractivity contribution in [3.8, 4) is 0 Å². The SMILES string of the molecule is Cc1ccc(N(c2ccc(CO)cc2)c2ccc(C)c(C)c2)cc1C. The van der Waals surface area contributed by atoms with Crippen molar-refractivity contribution in [1.82, 2.24) is 0 Å². The fourth-order valence-electron chi connectivity index (χ4n) is 2.93. The van der Waals surface area contributed by atoms with Gasteiger partial charge in [0.2, 0.25) is 0 Å². The summed E-state index contributed by atoms with van der Waals surface area (Å²) in [6.45, 7) is 8.62. The smallest absolute Gasteiger partial charge is 0.0681 e. The topological polar surface area (TPSA) is 23.5 Å². The molecule has 0 aliphatic heterocycles. The zero-order valence-corrected chi connectivity index (χ0v) is 15.4. The van der Waals surface area contributed by atoms with E-state index < -0.39 is 0 Å². The molecule has 3 aromatic carbocycles. The molecule has 0 radical (unpaired) electrons. The molecule has 0 saturated heterocycles. The number of aliphatic hydroxyl groups is 1. The number of aliphatic hydroxyl groups excluding tert-OH is 1. The maximum Gasteiger partial charge on any atom is 0.0681 e. The summed E-state index contributed by atoms with van der Waals surface area (Å²) in [6, 6.07) is 21.2. The Morgan fingerprint density at radius 2 is 1.04 bits per heavy atom. The van der Waals surface area contributed by atoms with E-state index in [2.05, 4.69) is 81.1 Å². The molecule has 2 heteroatoms. The van der Waals surface area contributed by atoms with E-state index in [9.17, 15) is 5.11 Å². The summed E-state index contributed by atoms with van der Waals surface area (Å²) in [6.07, 6.45) is 0. The number of nitrogens with zero attached hydrogens (tertiary/aromatic N) is 1. The Kier molecular flexibility index (Phi) is 4.91. The molecule has 0 atom stereocenters. The monoisotopic (exact) mass is 331 g/mol. The lowest BCUT2D eigenvalue weighted by atomic mass is 10.1. The lowest BCUT2D eigenvalue weighted by Crippen LogP contribution is -2.11. The standard InChI is InChI=1S/C23H25NO/c1-16-5-9-22(13-18(16)3)24(21-11-7-20(15-25)8-12-21)23-10-6-17(2)19(4)14-23/h5-14,25H,15H2,1-4H3. The third-order valence-corrected chi connectivity index (χ3v) is 4.87. The van der Waals surface area contributed by atoms with E-state index in [4.69, 9.17) is 0 Å². The second-order valence-electron chi connectivity index (χ2n) is 6.70. The van der Waals surface area contributed by atoms with Crippen LogP contribution in [0.25, 0.3) is 0 Å². The average molecular weight is 331 g/mol. The van der Waals surface area contributed by atoms with Crippen LogP contribution < -0.4 is 4.90 Å². The van der Waals surface area contributed by atoms with E-state index in [1.54, 1.807) is 0 Å². The van der Waals surface area contributed by atoms with Gasteiger partial charge in [-0.25, -0.2) is 0 Å². The Bertz CT molecular complexity index is 830. The molecule has 0 amide bonds. The van der Waals surface area contributed by atoms with Crippen molar-refractivity contribution >= 4 is 17.1 Å². The second kappa shape index (κ2) is 7.12. The molecular weight excluding hydrogens is 306 g/mol. The van der Waals surface area contributed by atoms with Crippen molar-refractivity contribution in [2.75, 3.05) is 4.90 Å². The minimum Gasteiger partial charge on any atom is -0.392 e. The Morgan fingerprint density at radius 1 is 0.600 bits per heavy atom. The third-order valence-electron chi connectivity index (χ3n) is 4.87. The van der Waals surface area contributed by atoms with Gasteiger partial charge in [-0.05, 0) is 91.9 Å². The molecule has 3 aromatic rings. The number of aryl methyl sites for hydroxylation is 4. The van der Waals surface area contributed by atoms with Crippen LogP contribution in [0.3, 0.4) is 0 Å². The summed E-state index contributed by atoms with van der Waals surface area (Å²) in [5, 5.41) is 9.32. The number of benzene rings is 3. The van der Waals surface area contributed by atoms with Gasteiger partial charge in [0, 0.05) is 17.1 Å². The summed E-state index contributed by atoms with van der Waals surface area (Å²) < 4.78 is 0. The molecule has 0 fully saturated rings. The molecule has 0 spiro atoms. The summed E-state index contributed by atoms with van der Waals surface area (Å²) in [5.74, 6) is 0. The first-order valence-corrected chi connectivity index (χ1v) is 8.64. The summed E-state index contributed by atoms with van der Waals surface area (Å²) in [5.41, 5.74) is 9.43. The number of rotatable bonds is 4. The number of anilines is 3. The minimum absolute atomic E-state index is 0.0631. The van der Waals surface area contributed by atoms with Crippen molar-refractivity contribution in [3.63, 3.8) is 0 Å². The largest absolute Gasteiger partial charge is 0.392 e. The van der Waals surface area contributed by atoms with Crippen LogP contribution in [0.5, 0.6) is 0 Å². The molecule has 0 aliphatic carbocycles. The maximum atomic E-state index is 9.32. The van der Waals surface area contributed by atoms with Gasteiger partial charge in [0.1, 0.15) is 0 Å². The molecule has 0 saturated carbocycles. The quantitative estimate of drug-likeness (QED) is 0.645. The van der Waals surface area contributed by atoms with Crippen molar-refractivity contribution < 1.29 is 5.11 Å². The van der Waals surface area contributed by atoms with E-state index in [1.165, 1.54) is 22.3 Å². The van der Waals surface area contributed by atoms with Crippen LogP contribution in [0.1, 0.15) is 27.8 Å². The molecule has 0 unspecified atom stereocenters. The molecule has 0 aliphatic rings. The van der Waals surface area contributed by atoms with Gasteiger partial charge in [-0.3, -0.25) is 0 Å². The van der Waals surface area contributed by atoms with Gasteiger partial charge >= 0.3 is 0 Å². The number of hydrogen-bond donors (Lipinski definition) is 1. The van der Waals surface area contributed by atoms with Gasteiger partial charge < -0.3 is 10.0 Å². The van der Waals surface area contributed by atoms with Gasteiger partial charge in [-0.15, -0.1) is 0 Å². The predicted molar refractivity (Wildman–Crippen MR) is 106 cm³/mol. The highest BCUT2D eigenvalue weighted by atomic mass is 16.3. The van der Waals surface area contributed by atoms with Gasteiger partial charge in [0.15, 0.2) is 0 Å². The summed E-state index contributed by atoms with van der Waals surface area (Å²) in [4.78, 5) is 2.26. The van der Waals surface area contributed by atoms with Crippen LogP contribution in [0.2, 0.25) is 0 Å². The number of hydrogen-bond acceptors (Lipinski definition) is 2. The first kappa shape index (κ1) is 17.2. The molecule has 25 heavy (non-hydrogen) atoms. The normalized spacial score (nSPS) is 10.8. The molecule has 0 heterocycles. The van der Waals surface area contributed by atoms with Gasteiger partial charge in [0.05, 0.1) is 6.61 Å². The lowest BCUT2D eigenvalue weighted by Gasteiger charge is -2.27. The zero-order valence-electron chi connectivity index (χ0n) is 15.4. The van der Waals surface area contributed by atoms with E-state index in [1.807, 2.05) is 12.1 Å². The Balaban J connectivity index is 2.15. The van der Waals surface area contributed by atoms with Crippen LogP contribution in [0, 0.1) is 27.7 Å². The first-order valence-electron chi connectivity index (χ1n) is 8.64. The fourth-order valence-corrected chi connectivity index (χ4v) is 2.93. The van der Waals surface area contributed by atoms with E-state index in [0.29, 0.717) is 0 Å². The van der Waals surface area contributed by atoms with Gasteiger partial charge in [-0.1, -0.05) is 24.3 Å². The van der Waals surface area contributed by atoms with Crippen LogP contribution in [0.15, 0.2) is 60.7 Å². The van der Waals surface area contributed by atoms with Crippen LogP contribution in [-0.2, 0) is 6.61 Å². The molecule has 0 bridgehead atoms. The summed E-state index contributed by atoms with van der Waals surface area (Å²) in [7, 11) is 0. The molecule has 128 valence electrons. The van der Waals surface area contributed by atoms with E-state index in [-0.39, 0.29) is 6.61 Å². The average Bonchev–Trinajstić information content (AvgIpc) is 2.62. The van der Waals surface area contributed by atoms with E-state index in [0.717, 1.165) is 22.6 Å². The molecule has 3 rings (SSSR count). The Hall–Kier alpha value is -2.58.